The van der Waals surface area contributed by atoms with Crippen molar-refractivity contribution >= 4 is 6.03 Å². The van der Waals surface area contributed by atoms with Crippen LogP contribution in [0.4, 0.5) is 4.79 Å². The van der Waals surface area contributed by atoms with Crippen LogP contribution >= 0.6 is 0 Å². The van der Waals surface area contributed by atoms with Gasteiger partial charge >= 0.3 is 6.03 Å². The molecule has 1 N–H and O–H groups in total. The molecule has 2 rings (SSSR count). The molecule has 122 valence electrons. The highest BCUT2D eigenvalue weighted by Gasteiger charge is 2.20. The van der Waals surface area contributed by atoms with Crippen molar-refractivity contribution in [3.8, 4) is 11.5 Å². The third kappa shape index (κ3) is 4.29. The van der Waals surface area contributed by atoms with Crippen LogP contribution in [0.15, 0.2) is 18.2 Å². The van der Waals surface area contributed by atoms with E-state index in [0.29, 0.717) is 12.5 Å². The van der Waals surface area contributed by atoms with Crippen LogP contribution in [0.25, 0.3) is 0 Å². The third-order valence-corrected chi connectivity index (χ3v) is 4.08. The van der Waals surface area contributed by atoms with E-state index in [-0.39, 0.29) is 6.03 Å². The molecule has 0 radical (unpaired) electrons. The highest BCUT2D eigenvalue weighted by molar-refractivity contribution is 5.74. The molecule has 0 spiro atoms. The van der Waals surface area contributed by atoms with Crippen LogP contribution in [0.3, 0.4) is 0 Å². The number of likely N-dealkylation sites (tertiary alicyclic amines) is 1. The van der Waals surface area contributed by atoms with E-state index in [0.717, 1.165) is 43.0 Å². The standard InChI is InChI=1S/C17H26N2O3/c1-13-5-4-10-19(12-13)17(20)18-9-8-14-6-7-15(21-2)16(11-14)22-3/h6-7,11,13H,4-5,8-10,12H2,1-3H3,(H,18,20). The normalized spacial score (nSPS) is 18.0. The summed E-state index contributed by atoms with van der Waals surface area (Å²) < 4.78 is 10.5. The van der Waals surface area contributed by atoms with Gasteiger partial charge in [0.2, 0.25) is 0 Å². The van der Waals surface area contributed by atoms with Crippen molar-refractivity contribution in [3.05, 3.63) is 23.8 Å². The SMILES string of the molecule is COc1ccc(CCNC(=O)N2CCCC(C)C2)cc1OC. The number of carbonyl (C=O) groups excluding carboxylic acids is 1. The molecule has 1 heterocycles. The first-order valence-corrected chi connectivity index (χ1v) is 7.87. The number of nitrogens with zero attached hydrogens (tertiary/aromatic N) is 1. The molecule has 1 atom stereocenters. The second-order valence-electron chi connectivity index (χ2n) is 5.86. The molecule has 0 bridgehead atoms. The molecule has 22 heavy (non-hydrogen) atoms. The Morgan fingerprint density at radius 1 is 1.32 bits per heavy atom. The predicted octanol–water partition coefficient (Wildman–Crippen LogP) is 2.69. The Balaban J connectivity index is 1.82. The zero-order valence-corrected chi connectivity index (χ0v) is 13.7. The quantitative estimate of drug-likeness (QED) is 0.910. The van der Waals surface area contributed by atoms with Crippen LogP contribution in [-0.4, -0.2) is 44.8 Å². The maximum Gasteiger partial charge on any atom is 0.317 e. The van der Waals surface area contributed by atoms with Crippen molar-refractivity contribution in [1.82, 2.24) is 10.2 Å². The van der Waals surface area contributed by atoms with Crippen molar-refractivity contribution in [2.75, 3.05) is 33.9 Å². The van der Waals surface area contributed by atoms with Crippen molar-refractivity contribution in [3.63, 3.8) is 0 Å². The Morgan fingerprint density at radius 2 is 2.09 bits per heavy atom. The summed E-state index contributed by atoms with van der Waals surface area (Å²) in [6.45, 7) is 4.55. The summed E-state index contributed by atoms with van der Waals surface area (Å²) >= 11 is 0. The van der Waals surface area contributed by atoms with Gasteiger partial charge in [-0.3, -0.25) is 0 Å². The Kier molecular flexibility index (Phi) is 5.92. The van der Waals surface area contributed by atoms with E-state index >= 15 is 0 Å². The lowest BCUT2D eigenvalue weighted by molar-refractivity contribution is 0.170. The van der Waals surface area contributed by atoms with Gasteiger partial charge in [0.25, 0.3) is 0 Å². The number of urea groups is 1. The minimum atomic E-state index is 0.0482. The Bertz CT molecular complexity index is 505. The largest absolute Gasteiger partial charge is 0.493 e. The van der Waals surface area contributed by atoms with Crippen LogP contribution in [0.5, 0.6) is 11.5 Å². The second-order valence-corrected chi connectivity index (χ2v) is 5.86. The minimum absolute atomic E-state index is 0.0482. The molecule has 1 unspecified atom stereocenters. The van der Waals surface area contributed by atoms with Gasteiger partial charge in [-0.2, -0.15) is 0 Å². The lowest BCUT2D eigenvalue weighted by Gasteiger charge is -2.30. The Hall–Kier alpha value is -1.91. The van der Waals surface area contributed by atoms with Gasteiger partial charge in [-0.1, -0.05) is 13.0 Å². The molecule has 0 saturated carbocycles. The molecule has 1 aliphatic rings. The maximum atomic E-state index is 12.1. The topological polar surface area (TPSA) is 50.8 Å². The summed E-state index contributed by atoms with van der Waals surface area (Å²) in [6, 6.07) is 5.89. The van der Waals surface area contributed by atoms with E-state index in [1.807, 2.05) is 23.1 Å². The van der Waals surface area contributed by atoms with E-state index in [9.17, 15) is 4.79 Å². The number of methoxy groups -OCH3 is 2. The minimum Gasteiger partial charge on any atom is -0.493 e. The number of ether oxygens (including phenoxy) is 2. The lowest BCUT2D eigenvalue weighted by Crippen LogP contribution is -2.45. The first-order valence-electron chi connectivity index (χ1n) is 7.87. The average Bonchev–Trinajstić information content (AvgIpc) is 2.54. The average molecular weight is 306 g/mol. The van der Waals surface area contributed by atoms with Crippen molar-refractivity contribution in [2.45, 2.75) is 26.2 Å². The van der Waals surface area contributed by atoms with Gasteiger partial charge in [0.05, 0.1) is 14.2 Å². The van der Waals surface area contributed by atoms with Crippen molar-refractivity contribution < 1.29 is 14.3 Å². The molecule has 1 fully saturated rings. The summed E-state index contributed by atoms with van der Waals surface area (Å²) in [5.41, 5.74) is 1.12. The van der Waals surface area contributed by atoms with E-state index in [1.54, 1.807) is 14.2 Å². The van der Waals surface area contributed by atoms with Gasteiger partial charge in [0, 0.05) is 19.6 Å². The smallest absolute Gasteiger partial charge is 0.317 e. The molecule has 5 nitrogen and oxygen atoms in total. The summed E-state index contributed by atoms with van der Waals surface area (Å²) in [5.74, 6) is 2.04. The van der Waals surface area contributed by atoms with Gasteiger partial charge in [-0.15, -0.1) is 0 Å². The molecule has 2 amide bonds. The van der Waals surface area contributed by atoms with Crippen LogP contribution < -0.4 is 14.8 Å². The van der Waals surface area contributed by atoms with Gasteiger partial charge in [0.15, 0.2) is 11.5 Å². The summed E-state index contributed by atoms with van der Waals surface area (Å²) in [6.07, 6.45) is 3.09. The lowest BCUT2D eigenvalue weighted by atomic mass is 10.0. The highest BCUT2D eigenvalue weighted by atomic mass is 16.5. The number of amides is 2. The summed E-state index contributed by atoms with van der Waals surface area (Å²) in [5, 5.41) is 3.00. The Morgan fingerprint density at radius 3 is 2.77 bits per heavy atom. The van der Waals surface area contributed by atoms with Crippen LogP contribution in [0, 0.1) is 5.92 Å². The molecule has 1 saturated heterocycles. The predicted molar refractivity (Wildman–Crippen MR) is 86.6 cm³/mol. The summed E-state index contributed by atoms with van der Waals surface area (Å²) in [7, 11) is 3.25. The van der Waals surface area contributed by atoms with E-state index in [2.05, 4.69) is 12.2 Å². The highest BCUT2D eigenvalue weighted by Crippen LogP contribution is 2.27. The number of rotatable bonds is 5. The Labute approximate surface area is 132 Å². The zero-order valence-electron chi connectivity index (χ0n) is 13.7. The van der Waals surface area contributed by atoms with Gasteiger partial charge in [0.1, 0.15) is 0 Å². The third-order valence-electron chi connectivity index (χ3n) is 4.08. The number of benzene rings is 1. The fourth-order valence-corrected chi connectivity index (χ4v) is 2.84. The molecule has 0 aromatic heterocycles. The van der Waals surface area contributed by atoms with E-state index in [1.165, 1.54) is 6.42 Å². The molecule has 1 aliphatic heterocycles. The van der Waals surface area contributed by atoms with Gasteiger partial charge < -0.3 is 19.7 Å². The zero-order chi connectivity index (χ0) is 15.9. The van der Waals surface area contributed by atoms with E-state index < -0.39 is 0 Å². The van der Waals surface area contributed by atoms with Crippen LogP contribution in [-0.2, 0) is 6.42 Å². The number of carbonyl (C=O) groups is 1. The number of piperidine rings is 1. The van der Waals surface area contributed by atoms with Crippen molar-refractivity contribution in [1.29, 1.82) is 0 Å². The molecule has 5 heteroatoms. The van der Waals surface area contributed by atoms with Gasteiger partial charge in [-0.05, 0) is 42.9 Å². The molecular weight excluding hydrogens is 280 g/mol. The molecule has 1 aromatic rings. The fourth-order valence-electron chi connectivity index (χ4n) is 2.84. The summed E-state index contributed by atoms with van der Waals surface area (Å²) in [4.78, 5) is 14.0. The van der Waals surface area contributed by atoms with Crippen molar-refractivity contribution in [2.24, 2.45) is 5.92 Å². The fraction of sp³-hybridized carbons (Fsp3) is 0.588. The molecule has 0 aliphatic carbocycles. The second kappa shape index (κ2) is 7.92. The molecular formula is C17H26N2O3. The van der Waals surface area contributed by atoms with Gasteiger partial charge in [-0.25, -0.2) is 4.79 Å². The molecule has 1 aromatic carbocycles. The number of nitrogens with one attached hydrogen (secondary N) is 1. The van der Waals surface area contributed by atoms with E-state index in [4.69, 9.17) is 9.47 Å². The maximum absolute atomic E-state index is 12.1. The first-order chi connectivity index (χ1) is 10.6. The number of hydrogen-bond donors (Lipinski definition) is 1. The first kappa shape index (κ1) is 16.5. The van der Waals surface area contributed by atoms with Crippen LogP contribution in [0.2, 0.25) is 0 Å². The monoisotopic (exact) mass is 306 g/mol. The number of hydrogen-bond acceptors (Lipinski definition) is 3. The van der Waals surface area contributed by atoms with Crippen LogP contribution in [0.1, 0.15) is 25.3 Å².